The lowest BCUT2D eigenvalue weighted by atomic mass is 10.1. The minimum atomic E-state index is 0.113. The Balaban J connectivity index is 1.52. The summed E-state index contributed by atoms with van der Waals surface area (Å²) in [7, 11) is 0. The number of aromatic nitrogens is 4. The highest BCUT2D eigenvalue weighted by Crippen LogP contribution is 2.17. The molecule has 2 N–H and O–H groups in total. The van der Waals surface area contributed by atoms with Crippen LogP contribution in [0.25, 0.3) is 5.69 Å². The van der Waals surface area contributed by atoms with Crippen LogP contribution >= 0.6 is 0 Å². The van der Waals surface area contributed by atoms with Crippen molar-refractivity contribution in [1.29, 1.82) is 0 Å². The molecule has 1 aliphatic rings. The molecular formula is C18H27N7O. The number of carbonyl (C=O) groups is 1. The molecule has 1 amide bonds. The van der Waals surface area contributed by atoms with Crippen LogP contribution in [0, 0.1) is 6.92 Å². The predicted molar refractivity (Wildman–Crippen MR) is 100 cm³/mol. The first kappa shape index (κ1) is 18.3. The molecule has 0 saturated carbocycles. The van der Waals surface area contributed by atoms with Crippen LogP contribution in [-0.4, -0.2) is 63.2 Å². The molecule has 0 unspecified atom stereocenters. The lowest BCUT2D eigenvalue weighted by Crippen LogP contribution is -2.44. The Labute approximate surface area is 154 Å². The Kier molecular flexibility index (Phi) is 6.17. The van der Waals surface area contributed by atoms with Crippen molar-refractivity contribution in [2.75, 3.05) is 31.5 Å². The van der Waals surface area contributed by atoms with Gasteiger partial charge in [-0.25, -0.2) is 0 Å². The third-order valence-corrected chi connectivity index (χ3v) is 4.61. The zero-order valence-electron chi connectivity index (χ0n) is 15.5. The molecule has 2 heterocycles. The molecule has 0 bridgehead atoms. The van der Waals surface area contributed by atoms with Crippen molar-refractivity contribution in [1.82, 2.24) is 30.4 Å². The summed E-state index contributed by atoms with van der Waals surface area (Å²) in [5.41, 5.74) is 2.14. The highest BCUT2D eigenvalue weighted by Gasteiger charge is 2.22. The van der Waals surface area contributed by atoms with Gasteiger partial charge in [0.15, 0.2) is 0 Å². The van der Waals surface area contributed by atoms with Gasteiger partial charge in [0.25, 0.3) is 0 Å². The monoisotopic (exact) mass is 357 g/mol. The number of rotatable bonds is 7. The number of benzene rings is 1. The third-order valence-electron chi connectivity index (χ3n) is 4.61. The van der Waals surface area contributed by atoms with E-state index < -0.39 is 0 Å². The third kappa shape index (κ3) is 4.78. The van der Waals surface area contributed by atoms with Crippen molar-refractivity contribution < 1.29 is 4.79 Å². The van der Waals surface area contributed by atoms with Crippen LogP contribution in [0.5, 0.6) is 0 Å². The Hall–Kier alpha value is -2.48. The summed E-state index contributed by atoms with van der Waals surface area (Å²) < 4.78 is 1.73. The maximum Gasteiger partial charge on any atom is 0.247 e. The normalized spacial score (nSPS) is 15.8. The van der Waals surface area contributed by atoms with E-state index in [4.69, 9.17) is 0 Å². The smallest absolute Gasteiger partial charge is 0.247 e. The van der Waals surface area contributed by atoms with Crippen molar-refractivity contribution in [3.63, 3.8) is 0 Å². The van der Waals surface area contributed by atoms with E-state index in [0.717, 1.165) is 44.6 Å². The Morgan fingerprint density at radius 1 is 1.23 bits per heavy atom. The van der Waals surface area contributed by atoms with Gasteiger partial charge in [-0.05, 0) is 48.7 Å². The minimum Gasteiger partial charge on any atom is -0.355 e. The predicted octanol–water partition coefficient (Wildman–Crippen LogP) is 1.37. The van der Waals surface area contributed by atoms with Gasteiger partial charge >= 0.3 is 0 Å². The van der Waals surface area contributed by atoms with Crippen molar-refractivity contribution in [3.8, 4) is 5.69 Å². The second-order valence-electron chi connectivity index (χ2n) is 6.79. The van der Waals surface area contributed by atoms with Crippen molar-refractivity contribution in [3.05, 3.63) is 29.8 Å². The SMILES string of the molecule is CCCNC(=O)CN1CCC(Nc2nnnn2-c2ccc(C)cc2)CC1. The average Bonchev–Trinajstić information content (AvgIpc) is 3.10. The summed E-state index contributed by atoms with van der Waals surface area (Å²) in [6, 6.07) is 8.41. The summed E-state index contributed by atoms with van der Waals surface area (Å²) in [5.74, 6) is 0.773. The second-order valence-corrected chi connectivity index (χ2v) is 6.79. The van der Waals surface area contributed by atoms with Crippen molar-refractivity contribution >= 4 is 11.9 Å². The molecule has 1 aromatic heterocycles. The number of carbonyl (C=O) groups excluding carboxylic acids is 1. The molecule has 0 spiro atoms. The lowest BCUT2D eigenvalue weighted by Gasteiger charge is -2.31. The molecule has 1 fully saturated rings. The van der Waals surface area contributed by atoms with Crippen LogP contribution in [0.3, 0.4) is 0 Å². The highest BCUT2D eigenvalue weighted by molar-refractivity contribution is 5.77. The Morgan fingerprint density at radius 2 is 1.96 bits per heavy atom. The van der Waals surface area contributed by atoms with Crippen LogP contribution < -0.4 is 10.6 Å². The largest absolute Gasteiger partial charge is 0.355 e. The number of hydrogen-bond donors (Lipinski definition) is 2. The van der Waals surface area contributed by atoms with Crippen LogP contribution in [0.1, 0.15) is 31.7 Å². The number of likely N-dealkylation sites (tertiary alicyclic amines) is 1. The Bertz CT molecular complexity index is 705. The van der Waals surface area contributed by atoms with E-state index in [1.54, 1.807) is 4.68 Å². The van der Waals surface area contributed by atoms with Gasteiger partial charge in [0, 0.05) is 25.7 Å². The standard InChI is InChI=1S/C18H27N7O/c1-3-10-19-17(26)13-24-11-8-15(9-12-24)20-18-21-22-23-25(18)16-6-4-14(2)5-7-16/h4-7,15H,3,8-13H2,1-2H3,(H,19,26)(H,20,21,23). The van der Waals surface area contributed by atoms with Gasteiger partial charge in [-0.15, -0.1) is 0 Å². The fourth-order valence-electron chi connectivity index (χ4n) is 3.08. The van der Waals surface area contributed by atoms with Gasteiger partial charge in [-0.1, -0.05) is 29.7 Å². The van der Waals surface area contributed by atoms with Crippen molar-refractivity contribution in [2.24, 2.45) is 0 Å². The molecule has 2 aromatic rings. The second kappa shape index (κ2) is 8.75. The fraction of sp³-hybridized carbons (Fsp3) is 0.556. The van der Waals surface area contributed by atoms with Crippen LogP contribution in [0.2, 0.25) is 0 Å². The molecule has 8 heteroatoms. The maximum absolute atomic E-state index is 11.8. The van der Waals surface area contributed by atoms with Crippen molar-refractivity contribution in [2.45, 2.75) is 39.2 Å². The van der Waals surface area contributed by atoms with E-state index in [2.05, 4.69) is 44.9 Å². The maximum atomic E-state index is 11.8. The first-order valence-corrected chi connectivity index (χ1v) is 9.26. The topological polar surface area (TPSA) is 88.0 Å². The molecule has 0 atom stereocenters. The molecule has 1 aliphatic heterocycles. The van der Waals surface area contributed by atoms with Crippen LogP contribution in [0.4, 0.5) is 5.95 Å². The molecular weight excluding hydrogens is 330 g/mol. The van der Waals surface area contributed by atoms with Gasteiger partial charge in [0.1, 0.15) is 0 Å². The number of nitrogens with zero attached hydrogens (tertiary/aromatic N) is 5. The molecule has 3 rings (SSSR count). The summed E-state index contributed by atoms with van der Waals surface area (Å²) in [4.78, 5) is 14.0. The van der Waals surface area contributed by atoms with Gasteiger partial charge in [0.2, 0.25) is 11.9 Å². The number of hydrogen-bond acceptors (Lipinski definition) is 6. The van der Waals surface area contributed by atoms with E-state index in [0.29, 0.717) is 18.5 Å². The first-order valence-electron chi connectivity index (χ1n) is 9.26. The van der Waals surface area contributed by atoms with Gasteiger partial charge in [0.05, 0.1) is 12.2 Å². The summed E-state index contributed by atoms with van der Waals surface area (Å²) in [6.45, 7) is 7.12. The number of amides is 1. The summed E-state index contributed by atoms with van der Waals surface area (Å²) in [6.07, 6.45) is 2.89. The van der Waals surface area contributed by atoms with Gasteiger partial charge in [-0.3, -0.25) is 9.69 Å². The average molecular weight is 357 g/mol. The van der Waals surface area contributed by atoms with Gasteiger partial charge < -0.3 is 10.6 Å². The molecule has 0 aliphatic carbocycles. The molecule has 1 saturated heterocycles. The molecule has 0 radical (unpaired) electrons. The Morgan fingerprint density at radius 3 is 2.65 bits per heavy atom. The van der Waals surface area contributed by atoms with E-state index in [1.165, 1.54) is 5.56 Å². The fourth-order valence-corrected chi connectivity index (χ4v) is 3.08. The van der Waals surface area contributed by atoms with Gasteiger partial charge in [-0.2, -0.15) is 4.68 Å². The zero-order valence-corrected chi connectivity index (χ0v) is 15.5. The number of tetrazole rings is 1. The first-order chi connectivity index (χ1) is 12.7. The van der Waals surface area contributed by atoms with E-state index in [1.807, 2.05) is 24.3 Å². The highest BCUT2D eigenvalue weighted by atomic mass is 16.2. The van der Waals surface area contributed by atoms with Crippen LogP contribution in [0.15, 0.2) is 24.3 Å². The van der Waals surface area contributed by atoms with E-state index >= 15 is 0 Å². The minimum absolute atomic E-state index is 0.113. The molecule has 140 valence electrons. The summed E-state index contributed by atoms with van der Waals surface area (Å²) >= 11 is 0. The number of nitrogens with one attached hydrogen (secondary N) is 2. The molecule has 1 aromatic carbocycles. The zero-order chi connectivity index (χ0) is 18.4. The van der Waals surface area contributed by atoms with Crippen LogP contribution in [-0.2, 0) is 4.79 Å². The van der Waals surface area contributed by atoms with E-state index in [9.17, 15) is 4.79 Å². The quantitative estimate of drug-likeness (QED) is 0.778. The van der Waals surface area contributed by atoms with E-state index in [-0.39, 0.29) is 5.91 Å². The number of piperidine rings is 1. The number of aryl methyl sites for hydroxylation is 1. The number of anilines is 1. The molecule has 8 nitrogen and oxygen atoms in total. The summed E-state index contributed by atoms with van der Waals surface area (Å²) in [5, 5.41) is 18.4. The lowest BCUT2D eigenvalue weighted by molar-refractivity contribution is -0.122. The molecule has 26 heavy (non-hydrogen) atoms.